The number of allylic oxidation sites excluding steroid dienone is 7. The molecule has 0 spiro atoms. The summed E-state index contributed by atoms with van der Waals surface area (Å²) in [6, 6.07) is 6.86. The van der Waals surface area contributed by atoms with Crippen LogP contribution < -0.4 is 0 Å². The summed E-state index contributed by atoms with van der Waals surface area (Å²) in [6.07, 6.45) is 14.0. The number of esters is 1. The van der Waals surface area contributed by atoms with Gasteiger partial charge in [0.1, 0.15) is 30.1 Å². The highest BCUT2D eigenvalue weighted by Crippen LogP contribution is 2.42. The first-order valence-corrected chi connectivity index (χ1v) is 26.5. The van der Waals surface area contributed by atoms with Gasteiger partial charge in [0.05, 0.1) is 18.3 Å². The van der Waals surface area contributed by atoms with E-state index < -0.39 is 77.8 Å². The van der Waals surface area contributed by atoms with E-state index in [-0.39, 0.29) is 60.7 Å². The lowest BCUT2D eigenvalue weighted by Gasteiger charge is -2.43. The van der Waals surface area contributed by atoms with Crippen molar-refractivity contribution in [1.82, 2.24) is 9.88 Å². The summed E-state index contributed by atoms with van der Waals surface area (Å²) in [6.45, 7) is 12.9. The van der Waals surface area contributed by atoms with E-state index in [0.29, 0.717) is 63.4 Å². The summed E-state index contributed by atoms with van der Waals surface area (Å²) in [4.78, 5) is 76.3. The van der Waals surface area contributed by atoms with Crippen LogP contribution in [0, 0.1) is 35.5 Å². The number of hydrogen-bond donors (Lipinski definition) is 4. The standard InChI is InChI=1S/C58H82N2O12/c1-34-17-11-10-12-18-35(2)44(45-33-59-46-20-14-13-19-43(45)46)31-42-24-22-40(7)58(68,72-42)55(65)56(66)60-26-16-15-21-47(60)57(67)71-50(37(4)29-41-23-25-48(61)51(30-41)69-8)32-49(62)36(3)28-39(6)53(64)54(70-9)52(63)38(5)27-34/h10-14,17-20,28,33-34,36-38,40-42,44,47-48,50-51,53-54,59,61,64,68H,15-16,21-27,29-32H2,1-9H3/t34-,36-,37?,38-,40-,41?,42+,44-,47+,48-,50?,51-,53-,54+,58-/m1/s1. The molecule has 2 saturated heterocycles. The number of nitrogens with one attached hydrogen (secondary N) is 1. The third-order valence-corrected chi connectivity index (χ3v) is 16.3. The molecule has 3 aliphatic heterocycles. The Bertz CT molecular complexity index is 2330. The van der Waals surface area contributed by atoms with Crippen molar-refractivity contribution in [3.8, 4) is 0 Å². The first-order chi connectivity index (χ1) is 34.3. The van der Waals surface area contributed by atoms with Crippen molar-refractivity contribution in [1.29, 1.82) is 0 Å². The van der Waals surface area contributed by atoms with Crippen molar-refractivity contribution in [2.24, 2.45) is 35.5 Å². The Balaban J connectivity index is 1.35. The minimum atomic E-state index is -2.45. The van der Waals surface area contributed by atoms with E-state index in [1.807, 2.05) is 82.5 Å². The molecule has 396 valence electrons. The second kappa shape index (κ2) is 25.6. The van der Waals surface area contributed by atoms with E-state index >= 15 is 0 Å². The second-order valence-electron chi connectivity index (χ2n) is 21.7. The molecule has 4 N–H and O–H groups in total. The van der Waals surface area contributed by atoms with Gasteiger partial charge in [0, 0.05) is 68.0 Å². The molecule has 2 aromatic rings. The third-order valence-electron chi connectivity index (χ3n) is 16.3. The number of fused-ring (bicyclic) bond motifs is 4. The van der Waals surface area contributed by atoms with Gasteiger partial charge in [-0.2, -0.15) is 0 Å². The molecule has 4 aliphatic rings. The highest BCUT2D eigenvalue weighted by Gasteiger charge is 2.53. The van der Waals surface area contributed by atoms with Crippen LogP contribution in [0.2, 0.25) is 0 Å². The second-order valence-corrected chi connectivity index (χ2v) is 21.7. The molecule has 1 aromatic heterocycles. The first-order valence-electron chi connectivity index (χ1n) is 26.5. The number of rotatable bonds is 6. The number of carbonyl (C=O) groups excluding carboxylic acids is 5. The Kier molecular flexibility index (Phi) is 20.2. The number of hydrogen-bond acceptors (Lipinski definition) is 12. The molecule has 1 aromatic carbocycles. The molecular formula is C58H82N2O12. The molecule has 1 aliphatic carbocycles. The van der Waals surface area contributed by atoms with Gasteiger partial charge in [-0.15, -0.1) is 0 Å². The number of methoxy groups -OCH3 is 2. The lowest BCUT2D eigenvalue weighted by molar-refractivity contribution is -0.264. The van der Waals surface area contributed by atoms with Crippen LogP contribution >= 0.6 is 0 Å². The minimum absolute atomic E-state index is 0.00750. The number of ether oxygens (including phenoxy) is 4. The molecule has 15 atom stereocenters. The molecule has 72 heavy (non-hydrogen) atoms. The van der Waals surface area contributed by atoms with E-state index in [1.165, 1.54) is 12.0 Å². The fourth-order valence-electron chi connectivity index (χ4n) is 11.6. The Morgan fingerprint density at radius 1 is 0.875 bits per heavy atom. The molecule has 1 amide bonds. The van der Waals surface area contributed by atoms with Gasteiger partial charge < -0.3 is 44.2 Å². The Morgan fingerprint density at radius 2 is 1.62 bits per heavy atom. The molecule has 14 nitrogen and oxygen atoms in total. The van der Waals surface area contributed by atoms with Crippen LogP contribution in [0.25, 0.3) is 10.9 Å². The third kappa shape index (κ3) is 13.6. The van der Waals surface area contributed by atoms with E-state index in [1.54, 1.807) is 34.0 Å². The average Bonchev–Trinajstić information content (AvgIpc) is 3.79. The fourth-order valence-corrected chi connectivity index (χ4v) is 11.6. The highest BCUT2D eigenvalue weighted by atomic mass is 16.6. The van der Waals surface area contributed by atoms with Crippen LogP contribution in [0.3, 0.4) is 0 Å². The van der Waals surface area contributed by atoms with Crippen LogP contribution in [0.4, 0.5) is 0 Å². The molecule has 2 bridgehead atoms. The molecule has 4 heterocycles. The van der Waals surface area contributed by atoms with Crippen LogP contribution in [-0.2, 0) is 42.9 Å². The van der Waals surface area contributed by atoms with E-state index in [2.05, 4.69) is 11.1 Å². The number of carbonyl (C=O) groups is 5. The lowest BCUT2D eigenvalue weighted by Crippen LogP contribution is -2.60. The topological polar surface area (TPSA) is 202 Å². The predicted octanol–water partition coefficient (Wildman–Crippen LogP) is 8.43. The summed E-state index contributed by atoms with van der Waals surface area (Å²) in [5.41, 5.74) is 3.39. The lowest BCUT2D eigenvalue weighted by atomic mass is 9.78. The Morgan fingerprint density at radius 3 is 2.36 bits per heavy atom. The minimum Gasteiger partial charge on any atom is -0.460 e. The number of aliphatic hydroxyl groups excluding tert-OH is 2. The van der Waals surface area contributed by atoms with E-state index in [0.717, 1.165) is 28.5 Å². The largest absolute Gasteiger partial charge is 0.460 e. The van der Waals surface area contributed by atoms with Crippen molar-refractivity contribution >= 4 is 40.1 Å². The number of para-hydroxylation sites is 1. The number of aromatic nitrogens is 1. The summed E-state index contributed by atoms with van der Waals surface area (Å²) in [7, 11) is 2.96. The maximum Gasteiger partial charge on any atom is 0.329 e. The van der Waals surface area contributed by atoms with Crippen molar-refractivity contribution < 1.29 is 58.2 Å². The number of Topliss-reactive ketones (excluding diaryl/α,β-unsaturated/α-hetero) is 3. The number of aromatic amines is 1. The molecule has 0 radical (unpaired) electrons. The molecular weight excluding hydrogens is 917 g/mol. The van der Waals surface area contributed by atoms with Crippen LogP contribution in [0.5, 0.6) is 0 Å². The van der Waals surface area contributed by atoms with Crippen molar-refractivity contribution in [3.05, 3.63) is 83.6 Å². The number of cyclic esters (lactones) is 1. The van der Waals surface area contributed by atoms with E-state index in [4.69, 9.17) is 18.9 Å². The Hall–Kier alpha value is -4.57. The molecule has 14 heteroatoms. The highest BCUT2D eigenvalue weighted by molar-refractivity contribution is 6.39. The molecule has 3 unspecified atom stereocenters. The number of nitrogens with zero attached hydrogens (tertiary/aromatic N) is 1. The Labute approximate surface area is 426 Å². The zero-order valence-electron chi connectivity index (χ0n) is 44.1. The van der Waals surface area contributed by atoms with Gasteiger partial charge in [-0.05, 0) is 119 Å². The van der Waals surface area contributed by atoms with Gasteiger partial charge in [0.15, 0.2) is 5.78 Å². The van der Waals surface area contributed by atoms with E-state index in [9.17, 15) is 39.3 Å². The summed E-state index contributed by atoms with van der Waals surface area (Å²) >= 11 is 0. The number of amides is 1. The number of benzene rings is 1. The molecule has 6 rings (SSSR count). The van der Waals surface area contributed by atoms with Gasteiger partial charge in [-0.1, -0.05) is 94.8 Å². The van der Waals surface area contributed by atoms with Gasteiger partial charge in [-0.25, -0.2) is 4.79 Å². The maximum atomic E-state index is 14.5. The number of piperidine rings is 1. The molecule has 1 saturated carbocycles. The molecule has 3 fully saturated rings. The SMILES string of the molecule is CO[C@@H]1CC(CC(C)C2CC(=O)[C@H](C)C=C(C)[C@@H](O)[C@@H](OC)C(=O)[C@H](C)C[C@H](C)C=CC=CC=C(C)[C@H](c3c[nH]c4ccccc34)C[C@@H]3CC[C@@H](C)[C@@](O)(O3)C(=O)C(=O)N3CCCC[C@H]3C(=O)O2)CC[C@H]1O. The van der Waals surface area contributed by atoms with Gasteiger partial charge >= 0.3 is 5.97 Å². The first kappa shape index (κ1) is 56.7. The number of H-pyrrole nitrogens is 1. The van der Waals surface area contributed by atoms with Crippen molar-refractivity contribution in [3.63, 3.8) is 0 Å². The zero-order chi connectivity index (χ0) is 52.4. The number of aliphatic hydroxyl groups is 3. The number of ketones is 3. The summed E-state index contributed by atoms with van der Waals surface area (Å²) in [5.74, 6) is -8.21. The maximum absolute atomic E-state index is 14.5. The van der Waals surface area contributed by atoms with Crippen LogP contribution in [-0.4, -0.2) is 124 Å². The van der Waals surface area contributed by atoms with Crippen molar-refractivity contribution in [2.75, 3.05) is 20.8 Å². The quantitative estimate of drug-likeness (QED) is 0.122. The van der Waals surface area contributed by atoms with Gasteiger partial charge in [0.2, 0.25) is 5.79 Å². The predicted molar refractivity (Wildman–Crippen MR) is 275 cm³/mol. The van der Waals surface area contributed by atoms with Gasteiger partial charge in [0.25, 0.3) is 11.7 Å². The monoisotopic (exact) mass is 999 g/mol. The zero-order valence-corrected chi connectivity index (χ0v) is 44.1. The average molecular weight is 999 g/mol. The summed E-state index contributed by atoms with van der Waals surface area (Å²) < 4.78 is 24.0. The summed E-state index contributed by atoms with van der Waals surface area (Å²) in [5, 5.41) is 35.4. The van der Waals surface area contributed by atoms with Gasteiger partial charge in [-0.3, -0.25) is 19.2 Å². The normalized spacial score (nSPS) is 35.4. The van der Waals surface area contributed by atoms with Crippen molar-refractivity contribution in [2.45, 2.75) is 180 Å². The van der Waals surface area contributed by atoms with Crippen LogP contribution in [0.1, 0.15) is 137 Å². The van der Waals surface area contributed by atoms with Crippen LogP contribution in [0.15, 0.2) is 78.1 Å². The smallest absolute Gasteiger partial charge is 0.329 e. The fraction of sp³-hybridized carbons (Fsp3) is 0.638.